The Kier molecular flexibility index (Phi) is 4.81. The molecule has 0 bridgehead atoms. The molecule has 0 atom stereocenters. The number of rotatable bonds is 5. The molecular weight excluding hydrogens is 406 g/mol. The lowest BCUT2D eigenvalue weighted by molar-refractivity contribution is 0.401. The minimum absolute atomic E-state index is 0.601. The largest absolute Gasteiger partial charge is 0.480 e. The molecular formula is C21H18BrN3O2. The van der Waals surface area contributed by atoms with Crippen molar-refractivity contribution in [2.24, 2.45) is 0 Å². The Labute approximate surface area is 165 Å². The number of hydrogen-bond donors (Lipinski definition) is 0. The van der Waals surface area contributed by atoms with Gasteiger partial charge in [-0.3, -0.25) is 0 Å². The highest BCUT2D eigenvalue weighted by molar-refractivity contribution is 9.10. The maximum absolute atomic E-state index is 5.96. The van der Waals surface area contributed by atoms with E-state index in [1.807, 2.05) is 61.7 Å². The Morgan fingerprint density at radius 3 is 2.59 bits per heavy atom. The Morgan fingerprint density at radius 2 is 1.81 bits per heavy atom. The summed E-state index contributed by atoms with van der Waals surface area (Å²) in [7, 11) is 1.63. The molecule has 4 rings (SSSR count). The molecule has 2 aromatic heterocycles. The number of benzene rings is 2. The summed E-state index contributed by atoms with van der Waals surface area (Å²) >= 11 is 3.43. The fourth-order valence-electron chi connectivity index (χ4n) is 2.97. The highest BCUT2D eigenvalue weighted by Crippen LogP contribution is 2.26. The zero-order chi connectivity index (χ0) is 18.8. The van der Waals surface area contributed by atoms with Gasteiger partial charge in [0.2, 0.25) is 5.88 Å². The van der Waals surface area contributed by atoms with Gasteiger partial charge in [0, 0.05) is 17.2 Å². The second-order valence-electron chi connectivity index (χ2n) is 6.16. The number of halogens is 1. The van der Waals surface area contributed by atoms with E-state index in [1.54, 1.807) is 7.11 Å². The second-order valence-corrected chi connectivity index (χ2v) is 7.08. The van der Waals surface area contributed by atoms with E-state index < -0.39 is 0 Å². The SMILES string of the molecule is COc1nc(C)nc2c1ccn2Cc1cccc(Oc2ccc(Br)cc2)c1. The molecule has 0 radical (unpaired) electrons. The molecule has 0 N–H and O–H groups in total. The monoisotopic (exact) mass is 423 g/mol. The van der Waals surface area contributed by atoms with Crippen LogP contribution in [0.2, 0.25) is 0 Å². The third-order valence-electron chi connectivity index (χ3n) is 4.19. The van der Waals surface area contributed by atoms with Gasteiger partial charge in [0.25, 0.3) is 0 Å². The molecule has 0 spiro atoms. The van der Waals surface area contributed by atoms with Crippen molar-refractivity contribution in [2.45, 2.75) is 13.5 Å². The highest BCUT2D eigenvalue weighted by atomic mass is 79.9. The Morgan fingerprint density at radius 1 is 1.00 bits per heavy atom. The minimum atomic E-state index is 0.601. The van der Waals surface area contributed by atoms with Gasteiger partial charge in [-0.1, -0.05) is 28.1 Å². The first-order valence-electron chi connectivity index (χ1n) is 8.52. The number of ether oxygens (including phenoxy) is 2. The van der Waals surface area contributed by atoms with Crippen molar-refractivity contribution in [3.63, 3.8) is 0 Å². The number of methoxy groups -OCH3 is 1. The topological polar surface area (TPSA) is 49.2 Å². The quantitative estimate of drug-likeness (QED) is 0.433. The summed E-state index contributed by atoms with van der Waals surface area (Å²) in [6, 6.07) is 17.8. The molecule has 0 saturated carbocycles. The van der Waals surface area contributed by atoms with Crippen LogP contribution in [-0.4, -0.2) is 21.6 Å². The molecule has 2 heterocycles. The number of hydrogen-bond acceptors (Lipinski definition) is 4. The molecule has 6 heteroatoms. The molecule has 0 aliphatic rings. The standard InChI is InChI=1S/C21H18BrN3O2/c1-14-23-20-19(21(24-14)26-2)10-11-25(20)13-15-4-3-5-18(12-15)27-17-8-6-16(22)7-9-17/h3-12H,13H2,1-2H3. The van der Waals surface area contributed by atoms with Crippen molar-refractivity contribution in [2.75, 3.05) is 7.11 Å². The fourth-order valence-corrected chi connectivity index (χ4v) is 3.23. The summed E-state index contributed by atoms with van der Waals surface area (Å²) in [4.78, 5) is 8.91. The lowest BCUT2D eigenvalue weighted by Gasteiger charge is -2.10. The van der Waals surface area contributed by atoms with Gasteiger partial charge in [-0.2, -0.15) is 4.98 Å². The third kappa shape index (κ3) is 3.80. The van der Waals surface area contributed by atoms with Gasteiger partial charge in [0.1, 0.15) is 23.0 Å². The molecule has 0 fully saturated rings. The van der Waals surface area contributed by atoms with Gasteiger partial charge >= 0.3 is 0 Å². The molecule has 27 heavy (non-hydrogen) atoms. The van der Waals surface area contributed by atoms with E-state index in [1.165, 1.54) is 0 Å². The first-order valence-corrected chi connectivity index (χ1v) is 9.31. The Balaban J connectivity index is 1.61. The van der Waals surface area contributed by atoms with Crippen LogP contribution < -0.4 is 9.47 Å². The number of fused-ring (bicyclic) bond motifs is 1. The van der Waals surface area contributed by atoms with Gasteiger partial charge in [-0.05, 0) is 55.0 Å². The smallest absolute Gasteiger partial charge is 0.226 e. The van der Waals surface area contributed by atoms with Crippen molar-refractivity contribution in [3.8, 4) is 17.4 Å². The number of aryl methyl sites for hydroxylation is 1. The van der Waals surface area contributed by atoms with E-state index in [-0.39, 0.29) is 0 Å². The summed E-state index contributed by atoms with van der Waals surface area (Å²) in [5, 5.41) is 0.908. The normalized spacial score (nSPS) is 10.9. The molecule has 0 aliphatic heterocycles. The summed E-state index contributed by atoms with van der Waals surface area (Å²) in [6.45, 7) is 2.55. The highest BCUT2D eigenvalue weighted by Gasteiger charge is 2.11. The molecule has 0 unspecified atom stereocenters. The van der Waals surface area contributed by atoms with Gasteiger partial charge < -0.3 is 14.0 Å². The van der Waals surface area contributed by atoms with Gasteiger partial charge in [-0.25, -0.2) is 4.98 Å². The molecule has 0 amide bonds. The molecule has 2 aromatic carbocycles. The van der Waals surface area contributed by atoms with Crippen molar-refractivity contribution in [1.82, 2.24) is 14.5 Å². The maximum Gasteiger partial charge on any atom is 0.226 e. The summed E-state index contributed by atoms with van der Waals surface area (Å²) in [5.41, 5.74) is 1.98. The lowest BCUT2D eigenvalue weighted by Crippen LogP contribution is -2.02. The molecule has 4 aromatic rings. The molecule has 0 aliphatic carbocycles. The zero-order valence-electron chi connectivity index (χ0n) is 15.0. The minimum Gasteiger partial charge on any atom is -0.480 e. The van der Waals surface area contributed by atoms with Crippen molar-refractivity contribution >= 4 is 27.0 Å². The van der Waals surface area contributed by atoms with Gasteiger partial charge in [-0.15, -0.1) is 0 Å². The fraction of sp³-hybridized carbons (Fsp3) is 0.143. The zero-order valence-corrected chi connectivity index (χ0v) is 16.6. The molecule has 136 valence electrons. The van der Waals surface area contributed by atoms with E-state index in [2.05, 4.69) is 36.5 Å². The van der Waals surface area contributed by atoms with E-state index in [0.717, 1.165) is 32.6 Å². The van der Waals surface area contributed by atoms with Crippen LogP contribution in [-0.2, 0) is 6.54 Å². The van der Waals surface area contributed by atoms with Crippen molar-refractivity contribution < 1.29 is 9.47 Å². The average Bonchev–Trinajstić information content (AvgIpc) is 3.06. The van der Waals surface area contributed by atoms with Crippen molar-refractivity contribution in [3.05, 3.63) is 76.7 Å². The maximum atomic E-state index is 5.96. The predicted octanol–water partition coefficient (Wildman–Crippen LogP) is 5.35. The van der Waals surface area contributed by atoms with E-state index >= 15 is 0 Å². The van der Waals surface area contributed by atoms with Gasteiger partial charge in [0.05, 0.1) is 12.5 Å². The van der Waals surface area contributed by atoms with Crippen LogP contribution in [0.3, 0.4) is 0 Å². The Hall–Kier alpha value is -2.86. The van der Waals surface area contributed by atoms with Crippen LogP contribution in [0.4, 0.5) is 0 Å². The third-order valence-corrected chi connectivity index (χ3v) is 4.72. The molecule has 0 saturated heterocycles. The summed E-state index contributed by atoms with van der Waals surface area (Å²) in [6.07, 6.45) is 2.00. The average molecular weight is 424 g/mol. The second kappa shape index (κ2) is 7.40. The van der Waals surface area contributed by atoms with Crippen LogP contribution >= 0.6 is 15.9 Å². The number of nitrogens with zero attached hydrogens (tertiary/aromatic N) is 3. The van der Waals surface area contributed by atoms with Crippen LogP contribution in [0.25, 0.3) is 11.0 Å². The van der Waals surface area contributed by atoms with E-state index in [4.69, 9.17) is 9.47 Å². The summed E-state index contributed by atoms with van der Waals surface area (Å²) in [5.74, 6) is 2.89. The first-order chi connectivity index (χ1) is 13.1. The number of aromatic nitrogens is 3. The van der Waals surface area contributed by atoms with E-state index in [9.17, 15) is 0 Å². The molecule has 5 nitrogen and oxygen atoms in total. The van der Waals surface area contributed by atoms with Crippen molar-refractivity contribution in [1.29, 1.82) is 0 Å². The lowest BCUT2D eigenvalue weighted by atomic mass is 10.2. The van der Waals surface area contributed by atoms with Crippen LogP contribution in [0.1, 0.15) is 11.4 Å². The predicted molar refractivity (Wildman–Crippen MR) is 109 cm³/mol. The van der Waals surface area contributed by atoms with E-state index in [0.29, 0.717) is 18.2 Å². The summed E-state index contributed by atoms with van der Waals surface area (Å²) < 4.78 is 14.5. The van der Waals surface area contributed by atoms with Crippen LogP contribution in [0, 0.1) is 6.92 Å². The Bertz CT molecular complexity index is 1090. The van der Waals surface area contributed by atoms with Crippen LogP contribution in [0.5, 0.6) is 17.4 Å². The first kappa shape index (κ1) is 17.5. The van der Waals surface area contributed by atoms with Crippen LogP contribution in [0.15, 0.2) is 65.3 Å². The van der Waals surface area contributed by atoms with Gasteiger partial charge in [0.15, 0.2) is 0 Å².